The van der Waals surface area contributed by atoms with Gasteiger partial charge in [-0.1, -0.05) is 67.4 Å². The van der Waals surface area contributed by atoms with Gasteiger partial charge < -0.3 is 14.6 Å². The molecule has 1 heterocycles. The third-order valence-electron chi connectivity index (χ3n) is 4.70. The van der Waals surface area contributed by atoms with Crippen molar-refractivity contribution in [2.45, 2.75) is 36.5 Å². The summed E-state index contributed by atoms with van der Waals surface area (Å²) < 4.78 is 6.11. The van der Waals surface area contributed by atoms with E-state index in [0.717, 1.165) is 46.1 Å². The van der Waals surface area contributed by atoms with Crippen molar-refractivity contribution in [3.8, 4) is 5.75 Å². The molecule has 1 aromatic heterocycles. The lowest BCUT2D eigenvalue weighted by Gasteiger charge is -2.20. The zero-order valence-electron chi connectivity index (χ0n) is 16.3. The summed E-state index contributed by atoms with van der Waals surface area (Å²) in [6, 6.07) is 11.9. The summed E-state index contributed by atoms with van der Waals surface area (Å²) in [5, 5.41) is 2.28. The first-order valence-corrected chi connectivity index (χ1v) is 11.3. The topological polar surface area (TPSA) is 28.3 Å². The van der Waals surface area contributed by atoms with Crippen LogP contribution in [0.5, 0.6) is 5.75 Å². The lowest BCUT2D eigenvalue weighted by Crippen LogP contribution is -2.29. The van der Waals surface area contributed by atoms with Crippen LogP contribution in [0.3, 0.4) is 0 Å². The Morgan fingerprint density at radius 2 is 1.93 bits per heavy atom. The van der Waals surface area contributed by atoms with Crippen LogP contribution in [0.4, 0.5) is 0 Å². The van der Waals surface area contributed by atoms with Crippen molar-refractivity contribution in [1.29, 1.82) is 0 Å². The normalized spacial score (nSPS) is 11.5. The van der Waals surface area contributed by atoms with Crippen LogP contribution >= 0.6 is 35.0 Å². The number of nitrogens with zero attached hydrogens (tertiary/aromatic N) is 1. The molecule has 0 unspecified atom stereocenters. The number of unbranched alkanes of at least 4 members (excludes halogenated alkanes) is 1. The summed E-state index contributed by atoms with van der Waals surface area (Å²) in [6.07, 6.45) is 4.47. The second-order valence-electron chi connectivity index (χ2n) is 6.65. The van der Waals surface area contributed by atoms with Gasteiger partial charge in [-0.25, -0.2) is 0 Å². The van der Waals surface area contributed by atoms with Gasteiger partial charge in [0.15, 0.2) is 0 Å². The zero-order valence-corrected chi connectivity index (χ0v) is 18.6. The van der Waals surface area contributed by atoms with Gasteiger partial charge in [0.1, 0.15) is 12.4 Å². The van der Waals surface area contributed by atoms with Gasteiger partial charge in [0.2, 0.25) is 0 Å². The highest BCUT2D eigenvalue weighted by Crippen LogP contribution is 2.38. The second kappa shape index (κ2) is 10.4. The molecule has 0 fully saturated rings. The van der Waals surface area contributed by atoms with E-state index in [2.05, 4.69) is 29.8 Å². The number of benzene rings is 2. The van der Waals surface area contributed by atoms with E-state index in [-0.39, 0.29) is 0 Å². The maximum absolute atomic E-state index is 6.15. The Morgan fingerprint density at radius 3 is 2.68 bits per heavy atom. The van der Waals surface area contributed by atoms with Crippen LogP contribution in [0.2, 0.25) is 10.0 Å². The van der Waals surface area contributed by atoms with Gasteiger partial charge in [-0.15, -0.1) is 0 Å². The Kier molecular flexibility index (Phi) is 7.98. The fraction of sp³-hybridized carbons (Fsp3) is 0.364. The number of aromatic nitrogens is 1. The van der Waals surface area contributed by atoms with Crippen LogP contribution in [0.15, 0.2) is 52.4 Å². The number of fused-ring (bicyclic) bond motifs is 1. The van der Waals surface area contributed by atoms with E-state index >= 15 is 0 Å². The average molecular weight is 437 g/mol. The highest BCUT2D eigenvalue weighted by Gasteiger charge is 2.11. The number of rotatable bonds is 10. The van der Waals surface area contributed by atoms with E-state index in [1.807, 2.05) is 36.5 Å². The number of halogens is 2. The van der Waals surface area contributed by atoms with Crippen molar-refractivity contribution in [1.82, 2.24) is 9.88 Å². The Balaban J connectivity index is 1.69. The van der Waals surface area contributed by atoms with Crippen molar-refractivity contribution in [3.63, 3.8) is 0 Å². The van der Waals surface area contributed by atoms with Crippen LogP contribution in [0.25, 0.3) is 10.9 Å². The van der Waals surface area contributed by atoms with E-state index in [0.29, 0.717) is 16.7 Å². The standard InChI is InChI=1S/C22H26Cl2N2OS/c1-3-5-11-26(4-2)12-13-27-20-8-6-7-17-21(15-25-22(17)20)28-16-9-10-18(23)19(24)14-16/h6-10,14-15,25H,3-5,11-13H2,1-2H3. The van der Waals surface area contributed by atoms with Crippen molar-refractivity contribution >= 4 is 45.9 Å². The maximum Gasteiger partial charge on any atom is 0.143 e. The summed E-state index contributed by atoms with van der Waals surface area (Å²) in [6.45, 7) is 8.25. The van der Waals surface area contributed by atoms with Gasteiger partial charge in [0.05, 0.1) is 15.6 Å². The highest BCUT2D eigenvalue weighted by molar-refractivity contribution is 7.99. The number of aromatic amines is 1. The van der Waals surface area contributed by atoms with Crippen LogP contribution in [0.1, 0.15) is 26.7 Å². The smallest absolute Gasteiger partial charge is 0.143 e. The molecule has 0 bridgehead atoms. The van der Waals surface area contributed by atoms with E-state index in [1.54, 1.807) is 11.8 Å². The number of likely N-dealkylation sites (N-methyl/N-ethyl adjacent to an activating group) is 1. The molecule has 1 N–H and O–H groups in total. The quantitative estimate of drug-likeness (QED) is 0.366. The number of nitrogens with one attached hydrogen (secondary N) is 1. The Bertz CT molecular complexity index is 913. The number of para-hydroxylation sites is 1. The van der Waals surface area contributed by atoms with Crippen molar-refractivity contribution in [2.75, 3.05) is 26.2 Å². The molecule has 0 atom stereocenters. The summed E-state index contributed by atoms with van der Waals surface area (Å²) in [7, 11) is 0. The number of hydrogen-bond acceptors (Lipinski definition) is 3. The Labute approximate surface area is 181 Å². The highest BCUT2D eigenvalue weighted by atomic mass is 35.5. The molecular weight excluding hydrogens is 411 g/mol. The molecule has 150 valence electrons. The number of ether oxygens (including phenoxy) is 1. The van der Waals surface area contributed by atoms with E-state index < -0.39 is 0 Å². The molecule has 3 rings (SSSR count). The molecule has 3 nitrogen and oxygen atoms in total. The lowest BCUT2D eigenvalue weighted by atomic mass is 10.2. The van der Waals surface area contributed by atoms with Crippen LogP contribution in [0, 0.1) is 0 Å². The molecule has 0 spiro atoms. The first-order valence-electron chi connectivity index (χ1n) is 9.70. The first kappa shape index (κ1) is 21.4. The number of H-pyrrole nitrogens is 1. The number of hydrogen-bond donors (Lipinski definition) is 1. The van der Waals surface area contributed by atoms with Crippen LogP contribution in [-0.2, 0) is 0 Å². The maximum atomic E-state index is 6.15. The Morgan fingerprint density at radius 1 is 1.07 bits per heavy atom. The van der Waals surface area contributed by atoms with Gasteiger partial charge in [-0.2, -0.15) is 0 Å². The summed E-state index contributed by atoms with van der Waals surface area (Å²) in [4.78, 5) is 7.99. The molecule has 0 amide bonds. The van der Waals surface area contributed by atoms with Gasteiger partial charge >= 0.3 is 0 Å². The minimum Gasteiger partial charge on any atom is -0.490 e. The SMILES string of the molecule is CCCCN(CC)CCOc1cccc2c(Sc3ccc(Cl)c(Cl)c3)c[nH]c12. The van der Waals surface area contributed by atoms with E-state index in [4.69, 9.17) is 27.9 Å². The Hall–Kier alpha value is -1.33. The molecule has 0 aliphatic heterocycles. The predicted octanol–water partition coefficient (Wildman–Crippen LogP) is 7.13. The average Bonchev–Trinajstić information content (AvgIpc) is 3.11. The van der Waals surface area contributed by atoms with Gasteiger partial charge in [-0.05, 0) is 43.8 Å². The van der Waals surface area contributed by atoms with Crippen molar-refractivity contribution in [2.24, 2.45) is 0 Å². The van der Waals surface area contributed by atoms with Crippen LogP contribution in [-0.4, -0.2) is 36.1 Å². The lowest BCUT2D eigenvalue weighted by molar-refractivity contribution is 0.215. The van der Waals surface area contributed by atoms with Gasteiger partial charge in [0, 0.05) is 27.9 Å². The summed E-state index contributed by atoms with van der Waals surface area (Å²) in [5.74, 6) is 0.894. The van der Waals surface area contributed by atoms with Gasteiger partial charge in [0.25, 0.3) is 0 Å². The molecule has 28 heavy (non-hydrogen) atoms. The molecule has 0 saturated heterocycles. The molecule has 2 aromatic carbocycles. The third kappa shape index (κ3) is 5.38. The molecule has 0 radical (unpaired) electrons. The predicted molar refractivity (Wildman–Crippen MR) is 121 cm³/mol. The second-order valence-corrected chi connectivity index (χ2v) is 8.58. The zero-order chi connectivity index (χ0) is 19.9. The van der Waals surface area contributed by atoms with E-state index in [9.17, 15) is 0 Å². The fourth-order valence-electron chi connectivity index (χ4n) is 3.07. The minimum absolute atomic E-state index is 0.569. The fourth-order valence-corrected chi connectivity index (χ4v) is 4.39. The third-order valence-corrected chi connectivity index (χ3v) is 6.48. The molecule has 0 aliphatic carbocycles. The summed E-state index contributed by atoms with van der Waals surface area (Å²) >= 11 is 13.8. The largest absolute Gasteiger partial charge is 0.490 e. The molecule has 0 aliphatic rings. The minimum atomic E-state index is 0.569. The van der Waals surface area contributed by atoms with Gasteiger partial charge in [-0.3, -0.25) is 0 Å². The molecular formula is C22H26Cl2N2OS. The molecule has 3 aromatic rings. The summed E-state index contributed by atoms with van der Waals surface area (Å²) in [5.41, 5.74) is 1.03. The first-order chi connectivity index (χ1) is 13.6. The van der Waals surface area contributed by atoms with E-state index in [1.165, 1.54) is 12.8 Å². The van der Waals surface area contributed by atoms with Crippen LogP contribution < -0.4 is 4.74 Å². The monoisotopic (exact) mass is 436 g/mol. The van der Waals surface area contributed by atoms with Crippen molar-refractivity contribution < 1.29 is 4.74 Å². The molecule has 0 saturated carbocycles. The molecule has 6 heteroatoms. The van der Waals surface area contributed by atoms with Crippen molar-refractivity contribution in [3.05, 3.63) is 52.6 Å².